The number of hydrogen-bond acceptors (Lipinski definition) is 3. The van der Waals surface area contributed by atoms with Crippen LogP contribution in [0.3, 0.4) is 0 Å². The third-order valence-electron chi connectivity index (χ3n) is 7.72. The van der Waals surface area contributed by atoms with Crippen molar-refractivity contribution in [1.29, 1.82) is 0 Å². The molecule has 2 heterocycles. The molecule has 5 rings (SSSR count). The smallest absolute Gasteiger partial charge is 0.234 e. The van der Waals surface area contributed by atoms with Crippen molar-refractivity contribution in [2.24, 2.45) is 11.8 Å². The number of nitrogens with zero attached hydrogens (tertiary/aromatic N) is 3. The van der Waals surface area contributed by atoms with Gasteiger partial charge in [-0.05, 0) is 62.9 Å². The minimum Gasteiger partial charge on any atom is -0.343 e. The molecule has 5 heteroatoms. The van der Waals surface area contributed by atoms with Crippen LogP contribution in [0.25, 0.3) is 16.5 Å². The molecule has 2 atom stereocenters. The average molecular weight is 420 g/mol. The molecule has 1 aliphatic heterocycles. The Kier molecular flexibility index (Phi) is 5.25. The quantitative estimate of drug-likeness (QED) is 0.746. The summed E-state index contributed by atoms with van der Waals surface area (Å²) in [6.07, 6.45) is 9.57. The van der Waals surface area contributed by atoms with Crippen LogP contribution in [0.2, 0.25) is 0 Å². The van der Waals surface area contributed by atoms with Gasteiger partial charge in [-0.2, -0.15) is 0 Å². The van der Waals surface area contributed by atoms with Crippen molar-refractivity contribution in [1.82, 2.24) is 14.4 Å². The van der Waals surface area contributed by atoms with Gasteiger partial charge in [0.15, 0.2) is 0 Å². The molecule has 1 aromatic heterocycles. The van der Waals surface area contributed by atoms with Gasteiger partial charge in [0.05, 0.1) is 11.4 Å². The summed E-state index contributed by atoms with van der Waals surface area (Å²) < 4.78 is 1.93. The Labute approximate surface area is 184 Å². The summed E-state index contributed by atoms with van der Waals surface area (Å²) in [7, 11) is 2.13. The zero-order valence-electron chi connectivity index (χ0n) is 18.9. The van der Waals surface area contributed by atoms with E-state index in [0.29, 0.717) is 0 Å². The molecule has 2 aliphatic carbocycles. The zero-order valence-corrected chi connectivity index (χ0v) is 18.9. The summed E-state index contributed by atoms with van der Waals surface area (Å²) in [6, 6.07) is 6.59. The fraction of sp³-hybridized carbons (Fsp3) is 0.538. The Hall–Kier alpha value is -2.40. The van der Waals surface area contributed by atoms with Crippen molar-refractivity contribution >= 4 is 28.3 Å². The van der Waals surface area contributed by atoms with E-state index in [1.54, 1.807) is 0 Å². The highest BCUT2D eigenvalue weighted by molar-refractivity contribution is 6.03. The maximum absolute atomic E-state index is 13.3. The van der Waals surface area contributed by atoms with Crippen LogP contribution >= 0.6 is 0 Å². The average Bonchev–Trinajstić information content (AvgIpc) is 3.44. The van der Waals surface area contributed by atoms with Crippen molar-refractivity contribution in [3.63, 3.8) is 0 Å². The molecule has 0 N–H and O–H groups in total. The van der Waals surface area contributed by atoms with Crippen LogP contribution in [0.4, 0.5) is 0 Å². The number of rotatable bonds is 4. The number of carbonyl (C=O) groups is 2. The van der Waals surface area contributed by atoms with Crippen LogP contribution in [0.1, 0.15) is 55.5 Å². The van der Waals surface area contributed by atoms with Crippen LogP contribution in [0, 0.1) is 11.8 Å². The highest BCUT2D eigenvalue weighted by Crippen LogP contribution is 2.42. The lowest BCUT2D eigenvalue weighted by Crippen LogP contribution is -2.47. The number of hydrogen-bond donors (Lipinski definition) is 0. The molecule has 1 aromatic carbocycles. The molecule has 0 bridgehead atoms. The lowest BCUT2D eigenvalue weighted by atomic mass is 9.79. The van der Waals surface area contributed by atoms with Gasteiger partial charge in [-0.3, -0.25) is 19.1 Å². The van der Waals surface area contributed by atoms with E-state index in [4.69, 9.17) is 0 Å². The van der Waals surface area contributed by atoms with Crippen LogP contribution in [0.5, 0.6) is 0 Å². The molecular weight excluding hydrogens is 386 g/mol. The fourth-order valence-corrected chi connectivity index (χ4v) is 6.03. The van der Waals surface area contributed by atoms with E-state index in [9.17, 15) is 9.59 Å². The van der Waals surface area contributed by atoms with Gasteiger partial charge in [0, 0.05) is 43.2 Å². The maximum Gasteiger partial charge on any atom is 0.234 e. The summed E-state index contributed by atoms with van der Waals surface area (Å²) >= 11 is 0. The Balaban J connectivity index is 1.58. The minimum absolute atomic E-state index is 0.116. The van der Waals surface area contributed by atoms with Crippen molar-refractivity contribution < 1.29 is 9.59 Å². The number of fused-ring (bicyclic) bond motifs is 2. The van der Waals surface area contributed by atoms with Gasteiger partial charge < -0.3 is 4.90 Å². The molecule has 1 fully saturated rings. The molecule has 164 valence electrons. The SMILES string of the molecule is CCN(CC)C(=O)C1C=C2c3cccc4c3c(cn4C(=O)C3CCCC3)CC2N(C)C1. The molecular formula is C26H33N3O2. The van der Waals surface area contributed by atoms with Crippen molar-refractivity contribution in [2.45, 2.75) is 52.0 Å². The van der Waals surface area contributed by atoms with Crippen molar-refractivity contribution in [2.75, 3.05) is 26.7 Å². The third kappa shape index (κ3) is 3.25. The maximum atomic E-state index is 13.3. The van der Waals surface area contributed by atoms with E-state index in [-0.39, 0.29) is 29.7 Å². The predicted molar refractivity (Wildman–Crippen MR) is 124 cm³/mol. The first-order chi connectivity index (χ1) is 15.0. The third-order valence-corrected chi connectivity index (χ3v) is 7.72. The van der Waals surface area contributed by atoms with E-state index in [1.807, 2.05) is 23.3 Å². The number of carbonyl (C=O) groups excluding carboxylic acids is 2. The second-order valence-electron chi connectivity index (χ2n) is 9.44. The summed E-state index contributed by atoms with van der Waals surface area (Å²) in [4.78, 5) is 30.7. The van der Waals surface area contributed by atoms with Gasteiger partial charge in [-0.1, -0.05) is 31.1 Å². The number of amides is 1. The largest absolute Gasteiger partial charge is 0.343 e. The molecule has 31 heavy (non-hydrogen) atoms. The summed E-state index contributed by atoms with van der Waals surface area (Å²) in [5, 5.41) is 1.21. The lowest BCUT2D eigenvalue weighted by molar-refractivity contribution is -0.134. The van der Waals surface area contributed by atoms with Gasteiger partial charge >= 0.3 is 0 Å². The van der Waals surface area contributed by atoms with Crippen molar-refractivity contribution in [3.8, 4) is 0 Å². The minimum atomic E-state index is -0.116. The lowest BCUT2D eigenvalue weighted by Gasteiger charge is -2.40. The second kappa shape index (κ2) is 7.94. The molecule has 3 aliphatic rings. The van der Waals surface area contributed by atoms with E-state index < -0.39 is 0 Å². The Morgan fingerprint density at radius 1 is 1.13 bits per heavy atom. The molecule has 1 saturated carbocycles. The zero-order chi connectivity index (χ0) is 21.7. The van der Waals surface area contributed by atoms with Gasteiger partial charge in [0.2, 0.25) is 11.8 Å². The van der Waals surface area contributed by atoms with Crippen LogP contribution in [-0.4, -0.2) is 58.9 Å². The van der Waals surface area contributed by atoms with Crippen LogP contribution < -0.4 is 0 Å². The van der Waals surface area contributed by atoms with E-state index in [2.05, 4.69) is 42.4 Å². The highest BCUT2D eigenvalue weighted by atomic mass is 16.2. The molecule has 0 radical (unpaired) electrons. The standard InChI is InChI=1S/C26H33N3O2/c1-4-28(5-2)25(30)19-13-21-20-11-8-12-22-24(20)18(14-23(21)27(3)15-19)16-29(22)26(31)17-9-6-7-10-17/h8,11-13,16-17,19,23H,4-7,9-10,14-15H2,1-3H3. The Morgan fingerprint density at radius 3 is 2.58 bits per heavy atom. The fourth-order valence-electron chi connectivity index (χ4n) is 6.03. The molecule has 1 amide bonds. The first-order valence-corrected chi connectivity index (χ1v) is 11.9. The van der Waals surface area contributed by atoms with E-state index in [0.717, 1.165) is 57.3 Å². The van der Waals surface area contributed by atoms with Gasteiger partial charge in [-0.25, -0.2) is 0 Å². The number of aromatic nitrogens is 1. The van der Waals surface area contributed by atoms with E-state index >= 15 is 0 Å². The molecule has 0 spiro atoms. The molecule has 0 saturated heterocycles. The number of benzene rings is 1. The predicted octanol–water partition coefficient (Wildman–Crippen LogP) is 4.21. The van der Waals surface area contributed by atoms with Gasteiger partial charge in [-0.15, -0.1) is 0 Å². The normalized spacial score (nSPS) is 23.6. The van der Waals surface area contributed by atoms with Crippen molar-refractivity contribution in [3.05, 3.63) is 41.6 Å². The summed E-state index contributed by atoms with van der Waals surface area (Å²) in [5.41, 5.74) is 4.75. The number of likely N-dealkylation sites (N-methyl/N-ethyl adjacent to an activating group) is 1. The second-order valence-corrected chi connectivity index (χ2v) is 9.44. The first-order valence-electron chi connectivity index (χ1n) is 11.9. The molecule has 2 aromatic rings. The molecule has 2 unspecified atom stereocenters. The summed E-state index contributed by atoms with van der Waals surface area (Å²) in [6.45, 7) is 6.32. The van der Waals surface area contributed by atoms with Crippen LogP contribution in [-0.2, 0) is 11.2 Å². The van der Waals surface area contributed by atoms with Gasteiger partial charge in [0.25, 0.3) is 0 Å². The summed E-state index contributed by atoms with van der Waals surface area (Å²) in [5.74, 6) is 0.519. The Morgan fingerprint density at radius 2 is 1.87 bits per heavy atom. The van der Waals surface area contributed by atoms with Crippen LogP contribution in [0.15, 0.2) is 30.5 Å². The van der Waals surface area contributed by atoms with E-state index in [1.165, 1.54) is 22.1 Å². The monoisotopic (exact) mass is 419 g/mol. The molecule has 5 nitrogen and oxygen atoms in total. The van der Waals surface area contributed by atoms with Gasteiger partial charge in [0.1, 0.15) is 0 Å². The first kappa shape index (κ1) is 20.5. The highest BCUT2D eigenvalue weighted by Gasteiger charge is 2.37. The Bertz CT molecular complexity index is 1060. The topological polar surface area (TPSA) is 45.6 Å².